The van der Waals surface area contributed by atoms with Crippen LogP contribution in [0.4, 0.5) is 0 Å². The van der Waals surface area contributed by atoms with Crippen LogP contribution in [0.2, 0.25) is 0 Å². The standard InChI is InChI=1S/C21H20O2/c1-14-7-9-16(10-8-14)11-17-12-18(21(22)23-3)13-20-15(2)5-4-6-19(17)20/h4-10,12-13H,11H2,1-3H3. The van der Waals surface area contributed by atoms with Gasteiger partial charge in [0.05, 0.1) is 12.7 Å². The van der Waals surface area contributed by atoms with Gasteiger partial charge >= 0.3 is 5.97 Å². The van der Waals surface area contributed by atoms with Crippen molar-refractivity contribution in [3.8, 4) is 0 Å². The molecule has 0 spiro atoms. The minimum atomic E-state index is -0.291. The number of hydrogen-bond donors (Lipinski definition) is 0. The van der Waals surface area contributed by atoms with Crippen molar-refractivity contribution in [2.75, 3.05) is 7.11 Å². The van der Waals surface area contributed by atoms with Gasteiger partial charge in [0.15, 0.2) is 0 Å². The fourth-order valence-corrected chi connectivity index (χ4v) is 2.92. The summed E-state index contributed by atoms with van der Waals surface area (Å²) in [5.41, 5.74) is 5.41. The number of methoxy groups -OCH3 is 1. The molecule has 0 amide bonds. The first-order valence-corrected chi connectivity index (χ1v) is 7.74. The van der Waals surface area contributed by atoms with Gasteiger partial charge in [0, 0.05) is 0 Å². The molecule has 0 atom stereocenters. The summed E-state index contributed by atoms with van der Waals surface area (Å²) in [7, 11) is 1.42. The highest BCUT2D eigenvalue weighted by Crippen LogP contribution is 2.26. The van der Waals surface area contributed by atoms with Crippen LogP contribution >= 0.6 is 0 Å². The van der Waals surface area contributed by atoms with Crippen molar-refractivity contribution in [1.82, 2.24) is 0 Å². The number of rotatable bonds is 3. The molecule has 23 heavy (non-hydrogen) atoms. The fourth-order valence-electron chi connectivity index (χ4n) is 2.92. The van der Waals surface area contributed by atoms with Gasteiger partial charge in [-0.2, -0.15) is 0 Å². The molecule has 0 saturated carbocycles. The normalized spacial score (nSPS) is 10.7. The van der Waals surface area contributed by atoms with E-state index in [0.29, 0.717) is 5.56 Å². The Kier molecular flexibility index (Phi) is 4.16. The number of benzene rings is 3. The van der Waals surface area contributed by atoms with Crippen LogP contribution in [0.3, 0.4) is 0 Å². The quantitative estimate of drug-likeness (QED) is 0.648. The van der Waals surface area contributed by atoms with Crippen molar-refractivity contribution in [2.45, 2.75) is 20.3 Å². The Bertz CT molecular complexity index is 861. The Morgan fingerprint density at radius 3 is 2.39 bits per heavy atom. The summed E-state index contributed by atoms with van der Waals surface area (Å²) in [5, 5.41) is 2.30. The van der Waals surface area contributed by atoms with Gasteiger partial charge < -0.3 is 4.74 Å². The first-order chi connectivity index (χ1) is 11.1. The third-order valence-corrected chi connectivity index (χ3v) is 4.24. The van der Waals surface area contributed by atoms with Crippen LogP contribution < -0.4 is 0 Å². The van der Waals surface area contributed by atoms with E-state index in [2.05, 4.69) is 56.3 Å². The predicted molar refractivity (Wildman–Crippen MR) is 94.0 cm³/mol. The molecule has 2 nitrogen and oxygen atoms in total. The topological polar surface area (TPSA) is 26.3 Å². The SMILES string of the molecule is COC(=O)c1cc(Cc2ccc(C)cc2)c2cccc(C)c2c1. The maximum Gasteiger partial charge on any atom is 0.337 e. The molecule has 3 aromatic carbocycles. The lowest BCUT2D eigenvalue weighted by Gasteiger charge is -2.12. The first-order valence-electron chi connectivity index (χ1n) is 7.74. The Hall–Kier alpha value is -2.61. The molecular formula is C21H20O2. The molecule has 0 radical (unpaired) electrons. The van der Waals surface area contributed by atoms with Gasteiger partial charge in [0.25, 0.3) is 0 Å². The van der Waals surface area contributed by atoms with E-state index in [9.17, 15) is 4.79 Å². The number of fused-ring (bicyclic) bond motifs is 1. The minimum absolute atomic E-state index is 0.291. The van der Waals surface area contributed by atoms with Gasteiger partial charge in [0.1, 0.15) is 0 Å². The molecule has 0 heterocycles. The highest BCUT2D eigenvalue weighted by Gasteiger charge is 2.12. The van der Waals surface area contributed by atoms with Gasteiger partial charge in [-0.25, -0.2) is 4.79 Å². The summed E-state index contributed by atoms with van der Waals surface area (Å²) in [6.45, 7) is 4.15. The van der Waals surface area contributed by atoms with Crippen molar-refractivity contribution in [2.24, 2.45) is 0 Å². The van der Waals surface area contributed by atoms with E-state index in [1.54, 1.807) is 0 Å². The van der Waals surface area contributed by atoms with Crippen LogP contribution in [0.25, 0.3) is 10.8 Å². The average Bonchev–Trinajstić information content (AvgIpc) is 2.57. The number of carbonyl (C=O) groups excluding carboxylic acids is 1. The maximum atomic E-state index is 12.0. The molecule has 0 N–H and O–H groups in total. The molecule has 3 aromatic rings. The predicted octanol–water partition coefficient (Wildman–Crippen LogP) is 4.83. The number of carbonyl (C=O) groups is 1. The molecule has 116 valence electrons. The Labute approximate surface area is 136 Å². The minimum Gasteiger partial charge on any atom is -0.465 e. The van der Waals surface area contributed by atoms with Crippen LogP contribution in [-0.2, 0) is 11.2 Å². The molecule has 2 heteroatoms. The van der Waals surface area contributed by atoms with Crippen LogP contribution in [-0.4, -0.2) is 13.1 Å². The largest absolute Gasteiger partial charge is 0.465 e. The lowest BCUT2D eigenvalue weighted by atomic mass is 9.93. The monoisotopic (exact) mass is 304 g/mol. The molecule has 0 fully saturated rings. The lowest BCUT2D eigenvalue weighted by molar-refractivity contribution is 0.0601. The molecule has 0 bridgehead atoms. The smallest absolute Gasteiger partial charge is 0.337 e. The zero-order chi connectivity index (χ0) is 16.4. The van der Waals surface area contributed by atoms with Crippen LogP contribution in [0.1, 0.15) is 32.6 Å². The Morgan fingerprint density at radius 2 is 1.70 bits per heavy atom. The van der Waals surface area contributed by atoms with Crippen LogP contribution in [0, 0.1) is 13.8 Å². The molecule has 3 rings (SSSR count). The summed E-state index contributed by atoms with van der Waals surface area (Å²) in [6, 6.07) is 18.6. The van der Waals surface area contributed by atoms with Crippen LogP contribution in [0.15, 0.2) is 54.6 Å². The second-order valence-corrected chi connectivity index (χ2v) is 5.96. The molecule has 0 aliphatic heterocycles. The lowest BCUT2D eigenvalue weighted by Crippen LogP contribution is -2.03. The van der Waals surface area contributed by atoms with Gasteiger partial charge in [-0.15, -0.1) is 0 Å². The average molecular weight is 304 g/mol. The van der Waals surface area contributed by atoms with Gasteiger partial charge in [-0.1, -0.05) is 48.0 Å². The maximum absolute atomic E-state index is 12.0. The zero-order valence-corrected chi connectivity index (χ0v) is 13.7. The summed E-state index contributed by atoms with van der Waals surface area (Å²) in [6.07, 6.45) is 0.797. The van der Waals surface area contributed by atoms with Crippen molar-refractivity contribution in [3.05, 3.63) is 82.4 Å². The van der Waals surface area contributed by atoms with Gasteiger partial charge in [-0.05, 0) is 59.9 Å². The summed E-state index contributed by atoms with van der Waals surface area (Å²) >= 11 is 0. The van der Waals surface area contributed by atoms with E-state index in [0.717, 1.165) is 17.4 Å². The van der Waals surface area contributed by atoms with E-state index < -0.39 is 0 Å². The van der Waals surface area contributed by atoms with Gasteiger partial charge in [-0.3, -0.25) is 0 Å². The fraction of sp³-hybridized carbons (Fsp3) is 0.190. The van der Waals surface area contributed by atoms with E-state index in [-0.39, 0.29) is 5.97 Å². The van der Waals surface area contributed by atoms with Crippen molar-refractivity contribution >= 4 is 16.7 Å². The number of esters is 1. The van der Waals surface area contributed by atoms with E-state index in [1.165, 1.54) is 29.2 Å². The molecule has 0 aromatic heterocycles. The number of ether oxygens (including phenoxy) is 1. The third kappa shape index (κ3) is 3.11. The summed E-state index contributed by atoms with van der Waals surface area (Å²) in [5.74, 6) is -0.291. The molecular weight excluding hydrogens is 284 g/mol. The Balaban J connectivity index is 2.15. The van der Waals surface area contributed by atoms with E-state index in [4.69, 9.17) is 4.74 Å². The zero-order valence-electron chi connectivity index (χ0n) is 13.7. The molecule has 0 aliphatic rings. The molecule has 0 aliphatic carbocycles. The molecule has 0 saturated heterocycles. The highest BCUT2D eigenvalue weighted by atomic mass is 16.5. The van der Waals surface area contributed by atoms with Crippen LogP contribution in [0.5, 0.6) is 0 Å². The summed E-state index contributed by atoms with van der Waals surface area (Å²) in [4.78, 5) is 12.0. The van der Waals surface area contributed by atoms with Crippen molar-refractivity contribution in [1.29, 1.82) is 0 Å². The third-order valence-electron chi connectivity index (χ3n) is 4.24. The van der Waals surface area contributed by atoms with Crippen molar-refractivity contribution < 1.29 is 9.53 Å². The van der Waals surface area contributed by atoms with Gasteiger partial charge in [0.2, 0.25) is 0 Å². The van der Waals surface area contributed by atoms with E-state index in [1.807, 2.05) is 12.1 Å². The number of hydrogen-bond acceptors (Lipinski definition) is 2. The second kappa shape index (κ2) is 6.25. The molecule has 0 unspecified atom stereocenters. The Morgan fingerprint density at radius 1 is 0.957 bits per heavy atom. The number of aryl methyl sites for hydroxylation is 2. The highest BCUT2D eigenvalue weighted by molar-refractivity contribution is 5.98. The first kappa shape index (κ1) is 15.3. The summed E-state index contributed by atoms with van der Waals surface area (Å²) < 4.78 is 4.91. The van der Waals surface area contributed by atoms with E-state index >= 15 is 0 Å². The van der Waals surface area contributed by atoms with Crippen molar-refractivity contribution in [3.63, 3.8) is 0 Å². The second-order valence-electron chi connectivity index (χ2n) is 5.96.